The van der Waals surface area contributed by atoms with Crippen LogP contribution in [0.2, 0.25) is 0 Å². The number of aryl methyl sites for hydroxylation is 3. The van der Waals surface area contributed by atoms with E-state index in [9.17, 15) is 4.79 Å². The first-order chi connectivity index (χ1) is 12.0. The Balaban J connectivity index is 1.59. The number of imidazole rings is 1. The molecule has 1 saturated heterocycles. The first kappa shape index (κ1) is 15.9. The van der Waals surface area contributed by atoms with Crippen molar-refractivity contribution in [3.05, 3.63) is 53.2 Å². The molecule has 4 rings (SSSR count). The van der Waals surface area contributed by atoms with Crippen molar-refractivity contribution in [2.45, 2.75) is 46.2 Å². The van der Waals surface area contributed by atoms with Gasteiger partial charge in [0.2, 0.25) is 0 Å². The summed E-state index contributed by atoms with van der Waals surface area (Å²) in [6, 6.07) is 8.17. The van der Waals surface area contributed by atoms with Gasteiger partial charge in [0.25, 0.3) is 5.91 Å². The number of fused-ring (bicyclic) bond motifs is 1. The lowest BCUT2D eigenvalue weighted by Gasteiger charge is -2.24. The minimum absolute atomic E-state index is 0.0205. The third-order valence-electron chi connectivity index (χ3n) is 5.04. The van der Waals surface area contributed by atoms with Gasteiger partial charge in [-0.05, 0) is 51.8 Å². The van der Waals surface area contributed by atoms with Crippen molar-refractivity contribution in [3.8, 4) is 0 Å². The van der Waals surface area contributed by atoms with Gasteiger partial charge < -0.3 is 9.30 Å². The minimum Gasteiger partial charge on any atom is -0.332 e. The van der Waals surface area contributed by atoms with Crippen LogP contribution in [0.5, 0.6) is 0 Å². The van der Waals surface area contributed by atoms with Crippen LogP contribution in [0.15, 0.2) is 30.5 Å². The molecule has 0 radical (unpaired) electrons. The Morgan fingerprint density at radius 3 is 2.80 bits per heavy atom. The maximum atomic E-state index is 13.0. The summed E-state index contributed by atoms with van der Waals surface area (Å²) >= 11 is 0. The third kappa shape index (κ3) is 2.81. The van der Waals surface area contributed by atoms with E-state index in [4.69, 9.17) is 0 Å². The smallest absolute Gasteiger partial charge is 0.274 e. The number of rotatable bonds is 3. The van der Waals surface area contributed by atoms with Gasteiger partial charge in [-0.3, -0.25) is 9.48 Å². The lowest BCUT2D eigenvalue weighted by molar-refractivity contribution is 0.0716. The molecule has 1 aliphatic rings. The number of carbonyl (C=O) groups excluding carboxylic acids is 1. The van der Waals surface area contributed by atoms with Gasteiger partial charge in [-0.1, -0.05) is 6.07 Å². The summed E-state index contributed by atoms with van der Waals surface area (Å²) < 4.78 is 3.98. The highest BCUT2D eigenvalue weighted by molar-refractivity contribution is 5.93. The molecule has 1 amide bonds. The molecule has 130 valence electrons. The Morgan fingerprint density at radius 1 is 1.24 bits per heavy atom. The molecule has 6 heteroatoms. The highest BCUT2D eigenvalue weighted by atomic mass is 16.2. The second kappa shape index (κ2) is 6.02. The van der Waals surface area contributed by atoms with Crippen LogP contribution in [-0.2, 0) is 6.54 Å². The average Bonchev–Trinajstić information content (AvgIpc) is 3.27. The molecule has 0 aromatic carbocycles. The first-order valence-corrected chi connectivity index (χ1v) is 8.79. The zero-order chi connectivity index (χ0) is 17.6. The second-order valence-electron chi connectivity index (χ2n) is 6.93. The fourth-order valence-electron chi connectivity index (χ4n) is 3.75. The van der Waals surface area contributed by atoms with E-state index in [0.717, 1.165) is 48.7 Å². The van der Waals surface area contributed by atoms with Gasteiger partial charge in [0.05, 0.1) is 18.3 Å². The molecule has 0 aliphatic carbocycles. The van der Waals surface area contributed by atoms with E-state index in [1.54, 1.807) is 0 Å². The summed E-state index contributed by atoms with van der Waals surface area (Å²) in [6.07, 6.45) is 3.89. The molecule has 0 saturated carbocycles. The lowest BCUT2D eigenvalue weighted by Crippen LogP contribution is -2.38. The highest BCUT2D eigenvalue weighted by Gasteiger charge is 2.31. The molecule has 0 N–H and O–H groups in total. The maximum absolute atomic E-state index is 13.0. The van der Waals surface area contributed by atoms with Crippen molar-refractivity contribution < 1.29 is 4.79 Å². The number of pyridine rings is 1. The van der Waals surface area contributed by atoms with Crippen molar-refractivity contribution in [3.63, 3.8) is 0 Å². The quantitative estimate of drug-likeness (QED) is 0.738. The Morgan fingerprint density at radius 2 is 2.08 bits per heavy atom. The summed E-state index contributed by atoms with van der Waals surface area (Å²) in [4.78, 5) is 19.5. The van der Waals surface area contributed by atoms with Crippen LogP contribution in [0, 0.1) is 20.8 Å². The SMILES string of the molecule is Cc1cc(C)n(CC2CCCN2C(=O)c2cn3c(C)cccc3n2)n1. The van der Waals surface area contributed by atoms with Gasteiger partial charge in [-0.15, -0.1) is 0 Å². The van der Waals surface area contributed by atoms with E-state index in [2.05, 4.69) is 23.1 Å². The molecule has 1 aliphatic heterocycles. The monoisotopic (exact) mass is 337 g/mol. The number of nitrogens with zero attached hydrogens (tertiary/aromatic N) is 5. The van der Waals surface area contributed by atoms with Crippen LogP contribution < -0.4 is 0 Å². The summed E-state index contributed by atoms with van der Waals surface area (Å²) in [5, 5.41) is 4.55. The van der Waals surface area contributed by atoms with Gasteiger partial charge in [-0.2, -0.15) is 5.10 Å². The summed E-state index contributed by atoms with van der Waals surface area (Å²) in [5.74, 6) is 0.0205. The number of hydrogen-bond donors (Lipinski definition) is 0. The molecule has 3 aromatic heterocycles. The standard InChI is InChI=1S/C19H23N5O/c1-13-10-15(3)24(21-13)11-16-7-5-9-22(16)19(25)17-12-23-14(2)6-4-8-18(23)20-17/h4,6,8,10,12,16H,5,7,9,11H2,1-3H3. The van der Waals surface area contributed by atoms with E-state index < -0.39 is 0 Å². The van der Waals surface area contributed by atoms with E-state index in [-0.39, 0.29) is 11.9 Å². The molecule has 4 heterocycles. The first-order valence-electron chi connectivity index (χ1n) is 8.79. The summed E-state index contributed by atoms with van der Waals surface area (Å²) in [5.41, 5.74) is 4.57. The van der Waals surface area contributed by atoms with Gasteiger partial charge in [-0.25, -0.2) is 4.98 Å². The van der Waals surface area contributed by atoms with E-state index in [1.807, 2.05) is 52.2 Å². The molecule has 0 spiro atoms. The Kier molecular flexibility index (Phi) is 3.82. The van der Waals surface area contributed by atoms with Gasteiger partial charge in [0.1, 0.15) is 11.3 Å². The normalized spacial score (nSPS) is 17.6. The molecular weight excluding hydrogens is 314 g/mol. The molecule has 25 heavy (non-hydrogen) atoms. The van der Waals surface area contributed by atoms with Crippen LogP contribution in [0.25, 0.3) is 5.65 Å². The number of amides is 1. The maximum Gasteiger partial charge on any atom is 0.274 e. The van der Waals surface area contributed by atoms with Crippen molar-refractivity contribution >= 4 is 11.6 Å². The molecule has 3 aromatic rings. The van der Waals surface area contributed by atoms with E-state index >= 15 is 0 Å². The summed E-state index contributed by atoms with van der Waals surface area (Å²) in [7, 11) is 0. The zero-order valence-corrected chi connectivity index (χ0v) is 14.9. The Labute approximate surface area is 147 Å². The number of carbonyl (C=O) groups is 1. The fourth-order valence-corrected chi connectivity index (χ4v) is 3.75. The number of hydrogen-bond acceptors (Lipinski definition) is 3. The number of likely N-dealkylation sites (tertiary alicyclic amines) is 1. The topological polar surface area (TPSA) is 55.4 Å². The van der Waals surface area contributed by atoms with E-state index in [1.165, 1.54) is 0 Å². The average molecular weight is 337 g/mol. The fraction of sp³-hybridized carbons (Fsp3) is 0.421. The predicted molar refractivity (Wildman–Crippen MR) is 95.7 cm³/mol. The van der Waals surface area contributed by atoms with Crippen molar-refractivity contribution in [2.75, 3.05) is 6.54 Å². The van der Waals surface area contributed by atoms with Crippen LogP contribution in [0.4, 0.5) is 0 Å². The predicted octanol–water partition coefficient (Wildman–Crippen LogP) is 2.76. The largest absolute Gasteiger partial charge is 0.332 e. The van der Waals surface area contributed by atoms with Gasteiger partial charge in [0, 0.05) is 24.1 Å². The lowest BCUT2D eigenvalue weighted by atomic mass is 10.2. The molecule has 1 atom stereocenters. The Bertz CT molecular complexity index is 939. The van der Waals surface area contributed by atoms with Crippen molar-refractivity contribution in [1.29, 1.82) is 0 Å². The zero-order valence-electron chi connectivity index (χ0n) is 14.9. The van der Waals surface area contributed by atoms with Gasteiger partial charge >= 0.3 is 0 Å². The van der Waals surface area contributed by atoms with Crippen molar-refractivity contribution in [1.82, 2.24) is 24.1 Å². The van der Waals surface area contributed by atoms with Crippen molar-refractivity contribution in [2.24, 2.45) is 0 Å². The van der Waals surface area contributed by atoms with Crippen LogP contribution in [0.3, 0.4) is 0 Å². The Hall–Kier alpha value is -2.63. The van der Waals surface area contributed by atoms with Gasteiger partial charge in [0.15, 0.2) is 0 Å². The third-order valence-corrected chi connectivity index (χ3v) is 5.04. The summed E-state index contributed by atoms with van der Waals surface area (Å²) in [6.45, 7) is 7.62. The second-order valence-corrected chi connectivity index (χ2v) is 6.93. The highest BCUT2D eigenvalue weighted by Crippen LogP contribution is 2.22. The van der Waals surface area contributed by atoms with Crippen LogP contribution in [-0.4, -0.2) is 42.6 Å². The minimum atomic E-state index is 0.0205. The molecule has 6 nitrogen and oxygen atoms in total. The molecule has 0 bridgehead atoms. The van der Waals surface area contributed by atoms with E-state index in [0.29, 0.717) is 5.69 Å². The molecular formula is C19H23N5O. The number of aromatic nitrogens is 4. The van der Waals surface area contributed by atoms with Crippen LogP contribution >= 0.6 is 0 Å². The molecule has 1 fully saturated rings. The molecule has 1 unspecified atom stereocenters. The van der Waals surface area contributed by atoms with Crippen LogP contribution in [0.1, 0.15) is 40.4 Å².